The molecule has 8 nitrogen and oxygen atoms in total. The first-order chi connectivity index (χ1) is 16.5. The molecule has 4 rings (SSSR count). The van der Waals surface area contributed by atoms with Gasteiger partial charge in [-0.3, -0.25) is 4.98 Å². The van der Waals surface area contributed by atoms with Crippen LogP contribution in [0.5, 0.6) is 17.2 Å². The summed E-state index contributed by atoms with van der Waals surface area (Å²) in [5.74, 6) is 1.30. The normalized spacial score (nSPS) is 11.6. The Kier molecular flexibility index (Phi) is 6.87. The van der Waals surface area contributed by atoms with E-state index in [4.69, 9.17) is 14.2 Å². The second-order valence-electron chi connectivity index (χ2n) is 7.80. The molecule has 34 heavy (non-hydrogen) atoms. The van der Waals surface area contributed by atoms with Gasteiger partial charge >= 0.3 is 6.03 Å². The molecular formula is C26H28N4O4. The molecule has 2 N–H and O–H groups in total. The predicted octanol–water partition coefficient (Wildman–Crippen LogP) is 4.55. The van der Waals surface area contributed by atoms with Gasteiger partial charge in [0.25, 0.3) is 0 Å². The number of benzene rings is 2. The lowest BCUT2D eigenvalue weighted by atomic mass is 9.92. The maximum atomic E-state index is 12.8. The summed E-state index contributed by atoms with van der Waals surface area (Å²) in [4.78, 5) is 17.1. The molecule has 2 heterocycles. The average Bonchev–Trinajstić information content (AvgIpc) is 3.20. The van der Waals surface area contributed by atoms with Crippen LogP contribution in [0.3, 0.4) is 0 Å². The standard InChI is InChI=1S/C26H28N4O4/c1-30-16-21(19-9-5-6-10-22(19)30)20(17-8-7-11-27-14-17)15-28-26(31)29-18-12-23(32-2)25(34-4)24(13-18)33-3/h5-14,16,20H,15H2,1-4H3,(H2,28,29,31)/t20-/m0/s1. The van der Waals surface area contributed by atoms with Crippen LogP contribution in [0.2, 0.25) is 0 Å². The Morgan fingerprint density at radius 2 is 1.76 bits per heavy atom. The molecule has 1 atom stereocenters. The molecular weight excluding hydrogens is 432 g/mol. The van der Waals surface area contributed by atoms with Gasteiger partial charge in [-0.1, -0.05) is 24.3 Å². The van der Waals surface area contributed by atoms with Gasteiger partial charge < -0.3 is 29.4 Å². The first-order valence-corrected chi connectivity index (χ1v) is 10.8. The lowest BCUT2D eigenvalue weighted by Gasteiger charge is -2.19. The third-order valence-electron chi connectivity index (χ3n) is 5.78. The number of carbonyl (C=O) groups excluding carboxylic acids is 1. The Morgan fingerprint density at radius 3 is 2.41 bits per heavy atom. The van der Waals surface area contributed by atoms with E-state index in [1.54, 1.807) is 18.3 Å². The molecule has 4 aromatic rings. The summed E-state index contributed by atoms with van der Waals surface area (Å²) in [6.07, 6.45) is 5.70. The number of rotatable bonds is 8. The fourth-order valence-corrected chi connectivity index (χ4v) is 4.16. The molecule has 0 aliphatic rings. The molecule has 0 radical (unpaired) electrons. The summed E-state index contributed by atoms with van der Waals surface area (Å²) in [5, 5.41) is 7.01. The van der Waals surface area contributed by atoms with Gasteiger partial charge in [0.2, 0.25) is 5.75 Å². The Balaban J connectivity index is 1.57. The highest BCUT2D eigenvalue weighted by Crippen LogP contribution is 2.40. The molecule has 8 heteroatoms. The number of aromatic nitrogens is 2. The second-order valence-corrected chi connectivity index (χ2v) is 7.80. The van der Waals surface area contributed by atoms with Crippen molar-refractivity contribution in [3.8, 4) is 17.2 Å². The fraction of sp³-hybridized carbons (Fsp3) is 0.231. The SMILES string of the molecule is COc1cc(NC(=O)NC[C@@H](c2cccnc2)c2cn(C)c3ccccc23)cc(OC)c1OC. The van der Waals surface area contributed by atoms with Crippen molar-refractivity contribution in [1.82, 2.24) is 14.9 Å². The minimum atomic E-state index is -0.344. The Bertz CT molecular complexity index is 1260. The maximum absolute atomic E-state index is 12.8. The Hall–Kier alpha value is -4.20. The number of pyridine rings is 1. The molecule has 0 saturated carbocycles. The van der Waals surface area contributed by atoms with Crippen molar-refractivity contribution in [1.29, 1.82) is 0 Å². The van der Waals surface area contributed by atoms with E-state index >= 15 is 0 Å². The third-order valence-corrected chi connectivity index (χ3v) is 5.78. The van der Waals surface area contributed by atoms with Gasteiger partial charge in [-0.25, -0.2) is 4.79 Å². The van der Waals surface area contributed by atoms with E-state index in [2.05, 4.69) is 38.5 Å². The van der Waals surface area contributed by atoms with Crippen molar-refractivity contribution in [2.45, 2.75) is 5.92 Å². The summed E-state index contributed by atoms with van der Waals surface area (Å²) < 4.78 is 18.2. The summed E-state index contributed by atoms with van der Waals surface area (Å²) in [7, 11) is 6.62. The monoisotopic (exact) mass is 460 g/mol. The zero-order chi connectivity index (χ0) is 24.1. The predicted molar refractivity (Wildman–Crippen MR) is 132 cm³/mol. The molecule has 2 aromatic carbocycles. The zero-order valence-electron chi connectivity index (χ0n) is 19.7. The third kappa shape index (κ3) is 4.61. The number of amides is 2. The van der Waals surface area contributed by atoms with E-state index in [0.29, 0.717) is 29.5 Å². The van der Waals surface area contributed by atoms with Gasteiger partial charge in [-0.2, -0.15) is 0 Å². The van der Waals surface area contributed by atoms with Gasteiger partial charge in [0, 0.05) is 61.1 Å². The first-order valence-electron chi connectivity index (χ1n) is 10.8. The Labute approximate surface area is 198 Å². The van der Waals surface area contributed by atoms with E-state index < -0.39 is 0 Å². The number of aryl methyl sites for hydroxylation is 1. The summed E-state index contributed by atoms with van der Waals surface area (Å²) >= 11 is 0. The van der Waals surface area contributed by atoms with Crippen LogP contribution in [0, 0.1) is 0 Å². The van der Waals surface area contributed by atoms with E-state index in [9.17, 15) is 4.79 Å². The highest BCUT2D eigenvalue weighted by Gasteiger charge is 2.21. The number of nitrogens with one attached hydrogen (secondary N) is 2. The number of hydrogen-bond acceptors (Lipinski definition) is 5. The zero-order valence-corrected chi connectivity index (χ0v) is 19.7. The molecule has 0 spiro atoms. The van der Waals surface area contributed by atoms with Crippen LogP contribution in [-0.2, 0) is 7.05 Å². The number of fused-ring (bicyclic) bond motifs is 1. The highest BCUT2D eigenvalue weighted by molar-refractivity contribution is 5.90. The van der Waals surface area contributed by atoms with Gasteiger partial charge in [-0.15, -0.1) is 0 Å². The molecule has 176 valence electrons. The van der Waals surface area contributed by atoms with Gasteiger partial charge in [-0.05, 0) is 23.3 Å². The Morgan fingerprint density at radius 1 is 1.03 bits per heavy atom. The summed E-state index contributed by atoms with van der Waals surface area (Å²) in [6.45, 7) is 0.385. The van der Waals surface area contributed by atoms with Crippen LogP contribution in [0.1, 0.15) is 17.0 Å². The number of urea groups is 1. The first kappa shape index (κ1) is 23.0. The minimum absolute atomic E-state index is 0.0783. The van der Waals surface area contributed by atoms with Crippen molar-refractivity contribution in [2.75, 3.05) is 33.2 Å². The number of carbonyl (C=O) groups is 1. The smallest absolute Gasteiger partial charge is 0.319 e. The van der Waals surface area contributed by atoms with Crippen molar-refractivity contribution >= 4 is 22.6 Å². The number of methoxy groups -OCH3 is 3. The van der Waals surface area contributed by atoms with Crippen molar-refractivity contribution < 1.29 is 19.0 Å². The molecule has 0 bridgehead atoms. The van der Waals surface area contributed by atoms with Crippen molar-refractivity contribution in [3.05, 3.63) is 78.2 Å². The largest absolute Gasteiger partial charge is 0.493 e. The van der Waals surface area contributed by atoms with Crippen LogP contribution in [-0.4, -0.2) is 43.5 Å². The maximum Gasteiger partial charge on any atom is 0.319 e. The minimum Gasteiger partial charge on any atom is -0.493 e. The quantitative estimate of drug-likeness (QED) is 0.403. The summed E-state index contributed by atoms with van der Waals surface area (Å²) in [6, 6.07) is 15.2. The number of anilines is 1. The average molecular weight is 461 g/mol. The van der Waals surface area contributed by atoms with Gasteiger partial charge in [0.15, 0.2) is 11.5 Å². The molecule has 0 aliphatic heterocycles. The lowest BCUT2D eigenvalue weighted by Crippen LogP contribution is -2.32. The van der Waals surface area contributed by atoms with Crippen molar-refractivity contribution in [2.24, 2.45) is 7.05 Å². The van der Waals surface area contributed by atoms with Crippen LogP contribution in [0.4, 0.5) is 10.5 Å². The topological polar surface area (TPSA) is 86.6 Å². The summed E-state index contributed by atoms with van der Waals surface area (Å²) in [5.41, 5.74) is 3.80. The van der Waals surface area contributed by atoms with Crippen LogP contribution in [0.15, 0.2) is 67.1 Å². The fourth-order valence-electron chi connectivity index (χ4n) is 4.16. The molecule has 0 saturated heterocycles. The number of hydrogen-bond donors (Lipinski definition) is 2. The van der Waals surface area contributed by atoms with Gasteiger partial charge in [0.05, 0.1) is 27.0 Å². The van der Waals surface area contributed by atoms with Crippen LogP contribution >= 0.6 is 0 Å². The second kappa shape index (κ2) is 10.2. The molecule has 0 fully saturated rings. The van der Waals surface area contributed by atoms with Crippen LogP contribution in [0.25, 0.3) is 10.9 Å². The molecule has 0 unspecified atom stereocenters. The molecule has 2 aromatic heterocycles. The van der Waals surface area contributed by atoms with Crippen molar-refractivity contribution in [3.63, 3.8) is 0 Å². The van der Waals surface area contributed by atoms with E-state index in [0.717, 1.165) is 22.0 Å². The number of ether oxygens (including phenoxy) is 3. The lowest BCUT2D eigenvalue weighted by molar-refractivity contribution is 0.252. The van der Waals surface area contributed by atoms with E-state index in [-0.39, 0.29) is 11.9 Å². The molecule has 2 amide bonds. The van der Waals surface area contributed by atoms with Gasteiger partial charge in [0.1, 0.15) is 0 Å². The van der Waals surface area contributed by atoms with Crippen LogP contribution < -0.4 is 24.8 Å². The number of nitrogens with zero attached hydrogens (tertiary/aromatic N) is 2. The number of para-hydroxylation sites is 1. The van der Waals surface area contributed by atoms with E-state index in [1.807, 2.05) is 37.5 Å². The molecule has 0 aliphatic carbocycles. The van der Waals surface area contributed by atoms with E-state index in [1.165, 1.54) is 21.3 Å². The highest BCUT2D eigenvalue weighted by atomic mass is 16.5.